The molecule has 0 N–H and O–H groups in total. The average molecular weight is 241 g/mol. The third-order valence-corrected chi connectivity index (χ3v) is 3.79. The van der Waals surface area contributed by atoms with E-state index in [1.54, 1.807) is 7.11 Å². The highest BCUT2D eigenvalue weighted by Gasteiger charge is 2.20. The minimum Gasteiger partial charge on any atom is -0.496 e. The summed E-state index contributed by atoms with van der Waals surface area (Å²) in [6.45, 7) is 3.31. The molecule has 1 aliphatic heterocycles. The van der Waals surface area contributed by atoms with Crippen molar-refractivity contribution in [2.24, 2.45) is 0 Å². The Balaban J connectivity index is 2.12. The maximum atomic E-state index is 5.47. The highest BCUT2D eigenvalue weighted by atomic mass is 16.5. The number of nitrogens with zero attached hydrogens (tertiary/aromatic N) is 1. The van der Waals surface area contributed by atoms with Crippen LogP contribution < -0.4 is 4.74 Å². The van der Waals surface area contributed by atoms with Crippen LogP contribution in [0, 0.1) is 0 Å². The van der Waals surface area contributed by atoms with Gasteiger partial charge in [0.05, 0.1) is 7.11 Å². The molecule has 0 radical (unpaired) electrons. The molecule has 0 aliphatic carbocycles. The molecule has 18 heavy (non-hydrogen) atoms. The van der Waals surface area contributed by atoms with Crippen LogP contribution in [0.15, 0.2) is 30.3 Å². The van der Waals surface area contributed by atoms with Gasteiger partial charge in [-0.3, -0.25) is 0 Å². The van der Waals surface area contributed by atoms with Crippen molar-refractivity contribution in [3.63, 3.8) is 0 Å². The van der Waals surface area contributed by atoms with Gasteiger partial charge in [0.2, 0.25) is 0 Å². The Morgan fingerprint density at radius 3 is 2.89 bits per heavy atom. The normalized spacial score (nSPS) is 13.0. The standard InChI is InChI=1S/C16H19NO/c1-3-5-12-8-9-15-13-6-4-7-16(18-2)14(13)10-11-17(12)15/h4,6-9H,3,5,10-11H2,1-2H3. The molecule has 94 valence electrons. The Labute approximate surface area is 108 Å². The fraction of sp³-hybridized carbons (Fsp3) is 0.375. The maximum Gasteiger partial charge on any atom is 0.122 e. The van der Waals surface area contributed by atoms with E-state index in [0.717, 1.165) is 18.7 Å². The van der Waals surface area contributed by atoms with E-state index in [9.17, 15) is 0 Å². The zero-order chi connectivity index (χ0) is 12.5. The third-order valence-electron chi connectivity index (χ3n) is 3.79. The minimum absolute atomic E-state index is 1.02. The number of aromatic nitrogens is 1. The number of hydrogen-bond donors (Lipinski definition) is 0. The maximum absolute atomic E-state index is 5.47. The van der Waals surface area contributed by atoms with Gasteiger partial charge in [0.25, 0.3) is 0 Å². The van der Waals surface area contributed by atoms with E-state index in [1.165, 1.54) is 35.4 Å². The molecule has 1 aliphatic rings. The van der Waals surface area contributed by atoms with Gasteiger partial charge in [0, 0.05) is 29.1 Å². The van der Waals surface area contributed by atoms with Crippen LogP contribution in [-0.2, 0) is 19.4 Å². The van der Waals surface area contributed by atoms with Crippen molar-refractivity contribution < 1.29 is 4.74 Å². The predicted octanol–water partition coefficient (Wildman–Crippen LogP) is 3.67. The highest BCUT2D eigenvalue weighted by Crippen LogP contribution is 2.36. The van der Waals surface area contributed by atoms with E-state index in [-0.39, 0.29) is 0 Å². The molecule has 0 unspecified atom stereocenters. The molecular weight excluding hydrogens is 222 g/mol. The van der Waals surface area contributed by atoms with Crippen LogP contribution in [-0.4, -0.2) is 11.7 Å². The summed E-state index contributed by atoms with van der Waals surface area (Å²) in [5, 5.41) is 0. The molecule has 3 rings (SSSR count). The third kappa shape index (κ3) is 1.64. The summed E-state index contributed by atoms with van der Waals surface area (Å²) in [4.78, 5) is 0. The quantitative estimate of drug-likeness (QED) is 0.799. The van der Waals surface area contributed by atoms with E-state index < -0.39 is 0 Å². The molecule has 0 saturated heterocycles. The number of benzene rings is 1. The van der Waals surface area contributed by atoms with Crippen molar-refractivity contribution in [3.05, 3.63) is 41.6 Å². The second-order valence-corrected chi connectivity index (χ2v) is 4.85. The molecule has 2 nitrogen and oxygen atoms in total. The number of rotatable bonds is 3. The van der Waals surface area contributed by atoms with Gasteiger partial charge in [-0.15, -0.1) is 0 Å². The van der Waals surface area contributed by atoms with Crippen molar-refractivity contribution >= 4 is 0 Å². The lowest BCUT2D eigenvalue weighted by molar-refractivity contribution is 0.407. The number of fused-ring (bicyclic) bond motifs is 3. The summed E-state index contributed by atoms with van der Waals surface area (Å²) < 4.78 is 7.94. The van der Waals surface area contributed by atoms with Gasteiger partial charge < -0.3 is 9.30 Å². The van der Waals surface area contributed by atoms with E-state index in [1.807, 2.05) is 0 Å². The Morgan fingerprint density at radius 1 is 1.22 bits per heavy atom. The van der Waals surface area contributed by atoms with Gasteiger partial charge >= 0.3 is 0 Å². The predicted molar refractivity (Wildman–Crippen MR) is 74.1 cm³/mol. The second kappa shape index (κ2) is 4.52. The van der Waals surface area contributed by atoms with E-state index in [0.29, 0.717) is 0 Å². The van der Waals surface area contributed by atoms with Crippen LogP contribution in [0.4, 0.5) is 0 Å². The van der Waals surface area contributed by atoms with Gasteiger partial charge in [0.15, 0.2) is 0 Å². The number of aryl methyl sites for hydroxylation is 1. The van der Waals surface area contributed by atoms with E-state index in [2.05, 4.69) is 41.8 Å². The molecule has 0 fully saturated rings. The molecule has 0 spiro atoms. The first-order valence-electron chi connectivity index (χ1n) is 6.69. The number of ether oxygens (including phenoxy) is 1. The van der Waals surface area contributed by atoms with Gasteiger partial charge in [-0.2, -0.15) is 0 Å². The minimum atomic E-state index is 1.02. The molecule has 2 heteroatoms. The van der Waals surface area contributed by atoms with Crippen molar-refractivity contribution in [3.8, 4) is 17.0 Å². The molecule has 0 bridgehead atoms. The van der Waals surface area contributed by atoms with Crippen LogP contribution in [0.5, 0.6) is 5.75 Å². The zero-order valence-corrected chi connectivity index (χ0v) is 11.1. The Bertz CT molecular complexity index is 568. The van der Waals surface area contributed by atoms with Crippen molar-refractivity contribution in [2.75, 3.05) is 7.11 Å². The average Bonchev–Trinajstić information content (AvgIpc) is 2.82. The first-order chi connectivity index (χ1) is 8.85. The van der Waals surface area contributed by atoms with Crippen LogP contribution >= 0.6 is 0 Å². The Hall–Kier alpha value is -1.70. The summed E-state index contributed by atoms with van der Waals surface area (Å²) in [5.74, 6) is 1.02. The lowest BCUT2D eigenvalue weighted by Gasteiger charge is -2.23. The second-order valence-electron chi connectivity index (χ2n) is 4.85. The summed E-state index contributed by atoms with van der Waals surface area (Å²) in [5.41, 5.74) is 5.50. The first-order valence-corrected chi connectivity index (χ1v) is 6.69. The molecule has 0 amide bonds. The van der Waals surface area contributed by atoms with E-state index in [4.69, 9.17) is 4.74 Å². The summed E-state index contributed by atoms with van der Waals surface area (Å²) in [6, 6.07) is 10.9. The largest absolute Gasteiger partial charge is 0.496 e. The lowest BCUT2D eigenvalue weighted by atomic mass is 9.97. The smallest absolute Gasteiger partial charge is 0.122 e. The van der Waals surface area contributed by atoms with Crippen LogP contribution in [0.25, 0.3) is 11.3 Å². The first kappa shape index (κ1) is 11.4. The van der Waals surface area contributed by atoms with Crippen molar-refractivity contribution in [2.45, 2.75) is 32.7 Å². The lowest BCUT2D eigenvalue weighted by Crippen LogP contribution is -2.13. The summed E-state index contributed by atoms with van der Waals surface area (Å²) in [7, 11) is 1.76. The van der Waals surface area contributed by atoms with Gasteiger partial charge in [0.1, 0.15) is 5.75 Å². The highest BCUT2D eigenvalue weighted by molar-refractivity contribution is 5.69. The molecule has 1 aromatic carbocycles. The molecule has 2 heterocycles. The summed E-state index contributed by atoms with van der Waals surface area (Å²) >= 11 is 0. The Kier molecular flexibility index (Phi) is 2.86. The fourth-order valence-corrected chi connectivity index (χ4v) is 2.96. The van der Waals surface area contributed by atoms with Crippen LogP contribution in [0.2, 0.25) is 0 Å². The van der Waals surface area contributed by atoms with Crippen LogP contribution in [0.3, 0.4) is 0 Å². The molecular formula is C16H19NO. The SMILES string of the molecule is CCCc1ccc2n1CCc1c(OC)cccc1-2. The monoisotopic (exact) mass is 241 g/mol. The topological polar surface area (TPSA) is 14.2 Å². The molecule has 2 aromatic rings. The number of methoxy groups -OCH3 is 1. The summed E-state index contributed by atoms with van der Waals surface area (Å²) in [6.07, 6.45) is 3.44. The zero-order valence-electron chi connectivity index (χ0n) is 11.1. The van der Waals surface area contributed by atoms with Crippen molar-refractivity contribution in [1.29, 1.82) is 0 Å². The Morgan fingerprint density at radius 2 is 2.11 bits per heavy atom. The number of hydrogen-bond acceptors (Lipinski definition) is 1. The fourth-order valence-electron chi connectivity index (χ4n) is 2.96. The van der Waals surface area contributed by atoms with Gasteiger partial charge in [-0.05, 0) is 31.0 Å². The molecule has 0 atom stereocenters. The molecule has 1 aromatic heterocycles. The van der Waals surface area contributed by atoms with E-state index >= 15 is 0 Å². The van der Waals surface area contributed by atoms with Crippen LogP contribution in [0.1, 0.15) is 24.6 Å². The van der Waals surface area contributed by atoms with Gasteiger partial charge in [-0.1, -0.05) is 25.5 Å². The molecule has 0 saturated carbocycles. The van der Waals surface area contributed by atoms with Crippen molar-refractivity contribution in [1.82, 2.24) is 4.57 Å². The van der Waals surface area contributed by atoms with Gasteiger partial charge in [-0.25, -0.2) is 0 Å².